The van der Waals surface area contributed by atoms with Gasteiger partial charge in [-0.15, -0.1) is 0 Å². The second-order valence-electron chi connectivity index (χ2n) is 15.1. The summed E-state index contributed by atoms with van der Waals surface area (Å²) in [4.78, 5) is 2.40. The minimum Gasteiger partial charge on any atom is -0.310 e. The largest absolute Gasteiger partial charge is 0.310 e. The number of nitrogens with zero attached hydrogens (tertiary/aromatic N) is 2. The average molecular weight is 743 g/mol. The maximum absolute atomic E-state index is 2.47. The average Bonchev–Trinajstić information content (AvgIpc) is 3.63. The molecule has 0 aliphatic heterocycles. The smallest absolute Gasteiger partial charge is 0.0564 e. The van der Waals surface area contributed by atoms with Crippen LogP contribution < -0.4 is 4.90 Å². The van der Waals surface area contributed by atoms with Crippen LogP contribution in [0.4, 0.5) is 17.1 Å². The van der Waals surface area contributed by atoms with Crippen molar-refractivity contribution in [3.05, 3.63) is 230 Å². The zero-order valence-corrected chi connectivity index (χ0v) is 32.7. The highest BCUT2D eigenvalue weighted by atomic mass is 15.1. The van der Waals surface area contributed by atoms with Crippen LogP contribution in [-0.2, 0) is 0 Å². The molecule has 0 saturated heterocycles. The van der Waals surface area contributed by atoms with Crippen molar-refractivity contribution in [2.75, 3.05) is 4.90 Å². The highest BCUT2D eigenvalue weighted by molar-refractivity contribution is 6.18. The van der Waals surface area contributed by atoms with E-state index in [0.29, 0.717) is 0 Å². The van der Waals surface area contributed by atoms with Crippen LogP contribution in [0, 0.1) is 13.8 Å². The first-order chi connectivity index (χ1) is 28.6. The molecule has 10 rings (SSSR count). The lowest BCUT2D eigenvalue weighted by Crippen LogP contribution is -2.10. The molecule has 0 unspecified atom stereocenters. The van der Waals surface area contributed by atoms with Gasteiger partial charge in [-0.05, 0) is 124 Å². The number of aryl methyl sites for hydroxylation is 2. The van der Waals surface area contributed by atoms with Gasteiger partial charge in [0.1, 0.15) is 0 Å². The number of hydrogen-bond donors (Lipinski definition) is 0. The molecule has 58 heavy (non-hydrogen) atoms. The number of rotatable bonds is 8. The van der Waals surface area contributed by atoms with E-state index in [1.807, 2.05) is 0 Å². The molecular weight excluding hydrogens is 701 g/mol. The van der Waals surface area contributed by atoms with E-state index >= 15 is 0 Å². The van der Waals surface area contributed by atoms with Crippen LogP contribution in [0.15, 0.2) is 218 Å². The second kappa shape index (κ2) is 14.9. The lowest BCUT2D eigenvalue weighted by molar-refractivity contribution is 1.17. The van der Waals surface area contributed by atoms with Crippen molar-refractivity contribution < 1.29 is 0 Å². The van der Waals surface area contributed by atoms with E-state index in [2.05, 4.69) is 242 Å². The zero-order chi connectivity index (χ0) is 39.0. The predicted octanol–water partition coefficient (Wildman–Crippen LogP) is 15.5. The van der Waals surface area contributed by atoms with Crippen molar-refractivity contribution in [3.63, 3.8) is 0 Å². The molecule has 10 aromatic rings. The summed E-state index contributed by atoms with van der Waals surface area (Å²) in [5.41, 5.74) is 19.0. The lowest BCUT2D eigenvalue weighted by Gasteiger charge is -2.27. The molecular formula is C56H42N2. The number of hydrogen-bond acceptors (Lipinski definition) is 1. The Morgan fingerprint density at radius 3 is 1.28 bits per heavy atom. The molecule has 0 saturated carbocycles. The molecule has 1 aromatic heterocycles. The molecule has 0 radical (unpaired) electrons. The highest BCUT2D eigenvalue weighted by Crippen LogP contribution is 2.45. The summed E-state index contributed by atoms with van der Waals surface area (Å²) in [5.74, 6) is 0. The van der Waals surface area contributed by atoms with Gasteiger partial charge in [0.25, 0.3) is 0 Å². The summed E-state index contributed by atoms with van der Waals surface area (Å²) in [6.07, 6.45) is 0. The Morgan fingerprint density at radius 1 is 0.310 bits per heavy atom. The van der Waals surface area contributed by atoms with Crippen molar-refractivity contribution in [1.82, 2.24) is 4.57 Å². The molecule has 2 heteroatoms. The van der Waals surface area contributed by atoms with Crippen molar-refractivity contribution in [2.24, 2.45) is 0 Å². The van der Waals surface area contributed by atoms with Gasteiger partial charge in [-0.1, -0.05) is 164 Å². The van der Waals surface area contributed by atoms with Gasteiger partial charge in [-0.2, -0.15) is 0 Å². The normalized spacial score (nSPS) is 11.3. The third kappa shape index (κ3) is 6.35. The first-order valence-electron chi connectivity index (χ1n) is 20.0. The van der Waals surface area contributed by atoms with Crippen molar-refractivity contribution >= 4 is 38.9 Å². The zero-order valence-electron chi connectivity index (χ0n) is 32.7. The molecule has 276 valence electrons. The summed E-state index contributed by atoms with van der Waals surface area (Å²) >= 11 is 0. The second-order valence-corrected chi connectivity index (χ2v) is 15.1. The molecule has 0 bridgehead atoms. The van der Waals surface area contributed by atoms with Gasteiger partial charge in [-0.3, -0.25) is 0 Å². The maximum atomic E-state index is 2.47. The van der Waals surface area contributed by atoms with Crippen LogP contribution in [0.3, 0.4) is 0 Å². The molecule has 9 aromatic carbocycles. The first kappa shape index (κ1) is 35.0. The van der Waals surface area contributed by atoms with Gasteiger partial charge in [0, 0.05) is 33.5 Å². The summed E-state index contributed by atoms with van der Waals surface area (Å²) < 4.78 is 2.47. The fourth-order valence-corrected chi connectivity index (χ4v) is 8.63. The number of benzene rings is 9. The minimum atomic E-state index is 1.10. The molecule has 0 N–H and O–H groups in total. The van der Waals surface area contributed by atoms with E-state index in [1.54, 1.807) is 0 Å². The maximum Gasteiger partial charge on any atom is 0.0564 e. The Bertz CT molecular complexity index is 2930. The van der Waals surface area contributed by atoms with E-state index in [0.717, 1.165) is 22.7 Å². The van der Waals surface area contributed by atoms with Gasteiger partial charge in [0.15, 0.2) is 0 Å². The van der Waals surface area contributed by atoms with E-state index in [1.165, 1.54) is 77.4 Å². The fourth-order valence-electron chi connectivity index (χ4n) is 8.63. The molecule has 0 aliphatic carbocycles. The van der Waals surface area contributed by atoms with E-state index in [4.69, 9.17) is 0 Å². The predicted molar refractivity (Wildman–Crippen MR) is 247 cm³/mol. The molecule has 0 spiro atoms. The Kier molecular flexibility index (Phi) is 9.01. The van der Waals surface area contributed by atoms with Gasteiger partial charge in [0.2, 0.25) is 0 Å². The number of fused-ring (bicyclic) bond motifs is 3. The molecule has 0 aliphatic rings. The summed E-state index contributed by atoms with van der Waals surface area (Å²) in [7, 11) is 0. The molecule has 0 amide bonds. The monoisotopic (exact) mass is 742 g/mol. The van der Waals surface area contributed by atoms with Crippen molar-refractivity contribution in [2.45, 2.75) is 13.8 Å². The van der Waals surface area contributed by atoms with Crippen LogP contribution in [0.25, 0.3) is 72.0 Å². The molecule has 0 atom stereocenters. The highest BCUT2D eigenvalue weighted by Gasteiger charge is 2.22. The van der Waals surface area contributed by atoms with E-state index in [-0.39, 0.29) is 0 Å². The standard InChI is InChI=1S/C56H42N2/c1-39-15-12-13-22-51(39)52-23-14-24-53-56(52)55-40(2)37-50(38-54(55)58(53)49-35-29-46(30-36-49)43-20-10-5-11-21-43)57(47-31-25-44(26-32-47)41-16-6-3-7-17-41)48-33-27-45(28-34-48)42-18-8-4-9-19-42/h3-38H,1-2H3. The van der Waals surface area contributed by atoms with Crippen LogP contribution >= 0.6 is 0 Å². The molecule has 0 fully saturated rings. The van der Waals surface area contributed by atoms with Gasteiger partial charge in [-0.25, -0.2) is 0 Å². The topological polar surface area (TPSA) is 8.17 Å². The van der Waals surface area contributed by atoms with Crippen LogP contribution in [0.5, 0.6) is 0 Å². The summed E-state index contributed by atoms with van der Waals surface area (Å²) in [5, 5.41) is 2.54. The lowest BCUT2D eigenvalue weighted by atomic mass is 9.94. The Labute approximate surface area is 340 Å². The Morgan fingerprint density at radius 2 is 0.759 bits per heavy atom. The van der Waals surface area contributed by atoms with E-state index < -0.39 is 0 Å². The molecule has 1 heterocycles. The van der Waals surface area contributed by atoms with Crippen LogP contribution in [-0.4, -0.2) is 4.57 Å². The third-order valence-corrected chi connectivity index (χ3v) is 11.5. The minimum absolute atomic E-state index is 1.10. The van der Waals surface area contributed by atoms with E-state index in [9.17, 15) is 0 Å². The SMILES string of the molecule is Cc1ccccc1-c1cccc2c1c1c(C)cc(N(c3ccc(-c4ccccc4)cc3)c3ccc(-c4ccccc4)cc3)cc1n2-c1ccc(-c2ccccc2)cc1. The third-order valence-electron chi connectivity index (χ3n) is 11.5. The number of aromatic nitrogens is 1. The first-order valence-corrected chi connectivity index (χ1v) is 20.0. The van der Waals surface area contributed by atoms with Gasteiger partial charge < -0.3 is 9.47 Å². The molecule has 2 nitrogen and oxygen atoms in total. The van der Waals surface area contributed by atoms with Crippen molar-refractivity contribution in [1.29, 1.82) is 0 Å². The Hall–Kier alpha value is -7.42. The fraction of sp³-hybridized carbons (Fsp3) is 0.0357. The quantitative estimate of drug-likeness (QED) is 0.150. The Balaban J connectivity index is 1.20. The summed E-state index contributed by atoms with van der Waals surface area (Å²) in [6.45, 7) is 4.49. The van der Waals surface area contributed by atoms with Gasteiger partial charge in [0.05, 0.1) is 11.0 Å². The van der Waals surface area contributed by atoms with Crippen molar-refractivity contribution in [3.8, 4) is 50.2 Å². The summed E-state index contributed by atoms with van der Waals surface area (Å²) in [6, 6.07) is 79.1. The van der Waals surface area contributed by atoms with Crippen LogP contribution in [0.2, 0.25) is 0 Å². The van der Waals surface area contributed by atoms with Gasteiger partial charge >= 0.3 is 0 Å². The number of anilines is 3. The van der Waals surface area contributed by atoms with Crippen LogP contribution in [0.1, 0.15) is 11.1 Å².